The molecule has 2 rings (SSSR count). The number of piperazine rings is 1. The van der Waals surface area contributed by atoms with Gasteiger partial charge in [0.25, 0.3) is 0 Å². The van der Waals surface area contributed by atoms with Gasteiger partial charge in [-0.2, -0.15) is 0 Å². The molecule has 21 heavy (non-hydrogen) atoms. The molecule has 2 heterocycles. The fraction of sp³-hybridized carbons (Fsp3) is 0.643. The maximum absolute atomic E-state index is 12.1. The van der Waals surface area contributed by atoms with Gasteiger partial charge in [-0.1, -0.05) is 6.92 Å². The SMILES string of the molecule is CCCc1nc(NN)c(C)c(N2CCNC(=O)C2(C)C)n1. The number of carbonyl (C=O) groups excluding carboxylic acids is 1. The molecule has 116 valence electrons. The minimum atomic E-state index is -0.646. The molecule has 7 heteroatoms. The lowest BCUT2D eigenvalue weighted by Crippen LogP contribution is -2.62. The van der Waals surface area contributed by atoms with Gasteiger partial charge in [0, 0.05) is 25.1 Å². The first-order valence-electron chi connectivity index (χ1n) is 7.31. The van der Waals surface area contributed by atoms with Crippen LogP contribution in [0.4, 0.5) is 11.6 Å². The molecule has 1 saturated heterocycles. The summed E-state index contributed by atoms with van der Waals surface area (Å²) in [6, 6.07) is 0. The highest BCUT2D eigenvalue weighted by molar-refractivity contribution is 5.90. The number of hydrogen-bond donors (Lipinski definition) is 3. The average molecular weight is 292 g/mol. The summed E-state index contributed by atoms with van der Waals surface area (Å²) in [6.45, 7) is 9.13. The molecule has 0 bridgehead atoms. The van der Waals surface area contributed by atoms with Crippen molar-refractivity contribution in [2.24, 2.45) is 5.84 Å². The highest BCUT2D eigenvalue weighted by Gasteiger charge is 2.39. The number of anilines is 2. The number of nitrogens with two attached hydrogens (primary N) is 1. The minimum Gasteiger partial charge on any atom is -0.352 e. The second-order valence-electron chi connectivity index (χ2n) is 5.80. The van der Waals surface area contributed by atoms with Crippen LogP contribution in [0.15, 0.2) is 0 Å². The molecular weight excluding hydrogens is 268 g/mol. The molecule has 0 atom stereocenters. The molecule has 0 radical (unpaired) electrons. The Kier molecular flexibility index (Phi) is 4.32. The highest BCUT2D eigenvalue weighted by atomic mass is 16.2. The number of carbonyl (C=O) groups is 1. The smallest absolute Gasteiger partial charge is 0.245 e. The van der Waals surface area contributed by atoms with Crippen molar-refractivity contribution in [1.29, 1.82) is 0 Å². The van der Waals surface area contributed by atoms with E-state index >= 15 is 0 Å². The van der Waals surface area contributed by atoms with Crippen molar-refractivity contribution >= 4 is 17.5 Å². The van der Waals surface area contributed by atoms with Crippen LogP contribution in [0.2, 0.25) is 0 Å². The minimum absolute atomic E-state index is 0.00561. The molecule has 0 saturated carbocycles. The summed E-state index contributed by atoms with van der Waals surface area (Å²) in [7, 11) is 0. The Balaban J connectivity index is 2.51. The van der Waals surface area contributed by atoms with Crippen molar-refractivity contribution in [3.8, 4) is 0 Å². The van der Waals surface area contributed by atoms with E-state index in [2.05, 4.69) is 27.6 Å². The van der Waals surface area contributed by atoms with Crippen molar-refractivity contribution in [2.75, 3.05) is 23.4 Å². The zero-order valence-corrected chi connectivity index (χ0v) is 13.2. The van der Waals surface area contributed by atoms with E-state index in [4.69, 9.17) is 5.84 Å². The molecular formula is C14H24N6O. The van der Waals surface area contributed by atoms with E-state index in [0.29, 0.717) is 18.9 Å². The fourth-order valence-corrected chi connectivity index (χ4v) is 2.56. The Morgan fingerprint density at radius 1 is 1.43 bits per heavy atom. The molecule has 0 aliphatic carbocycles. The Bertz CT molecular complexity index is 543. The largest absolute Gasteiger partial charge is 0.352 e. The Morgan fingerprint density at radius 2 is 2.14 bits per heavy atom. The molecule has 1 fully saturated rings. The summed E-state index contributed by atoms with van der Waals surface area (Å²) < 4.78 is 0. The van der Waals surface area contributed by atoms with Crippen LogP contribution in [0.1, 0.15) is 38.6 Å². The van der Waals surface area contributed by atoms with E-state index in [9.17, 15) is 4.79 Å². The van der Waals surface area contributed by atoms with E-state index < -0.39 is 5.54 Å². The van der Waals surface area contributed by atoms with Crippen LogP contribution in [0.5, 0.6) is 0 Å². The van der Waals surface area contributed by atoms with Gasteiger partial charge in [-0.25, -0.2) is 15.8 Å². The maximum atomic E-state index is 12.1. The molecule has 1 aromatic heterocycles. The van der Waals surface area contributed by atoms with Crippen LogP contribution in [0, 0.1) is 6.92 Å². The molecule has 1 aliphatic rings. The summed E-state index contributed by atoms with van der Waals surface area (Å²) in [5.41, 5.74) is 2.85. The first-order valence-corrected chi connectivity index (χ1v) is 7.31. The number of nitrogen functional groups attached to an aromatic ring is 1. The Labute approximate surface area is 125 Å². The van der Waals surface area contributed by atoms with Crippen molar-refractivity contribution in [2.45, 2.75) is 46.1 Å². The van der Waals surface area contributed by atoms with Crippen molar-refractivity contribution < 1.29 is 4.79 Å². The zero-order chi connectivity index (χ0) is 15.6. The molecule has 1 aromatic rings. The number of aryl methyl sites for hydroxylation is 1. The molecule has 1 aliphatic heterocycles. The molecule has 0 unspecified atom stereocenters. The fourth-order valence-electron chi connectivity index (χ4n) is 2.56. The number of aromatic nitrogens is 2. The first-order chi connectivity index (χ1) is 9.91. The normalized spacial score (nSPS) is 17.6. The highest BCUT2D eigenvalue weighted by Crippen LogP contribution is 2.30. The number of nitrogens with zero attached hydrogens (tertiary/aromatic N) is 3. The molecule has 7 nitrogen and oxygen atoms in total. The molecule has 0 spiro atoms. The zero-order valence-electron chi connectivity index (χ0n) is 13.2. The lowest BCUT2D eigenvalue weighted by atomic mass is 9.98. The van der Waals surface area contributed by atoms with Crippen LogP contribution < -0.4 is 21.5 Å². The van der Waals surface area contributed by atoms with Gasteiger partial charge in [-0.05, 0) is 27.2 Å². The maximum Gasteiger partial charge on any atom is 0.245 e. The predicted molar refractivity (Wildman–Crippen MR) is 83.0 cm³/mol. The number of rotatable bonds is 4. The summed E-state index contributed by atoms with van der Waals surface area (Å²) in [6.07, 6.45) is 1.73. The Hall–Kier alpha value is -1.89. The molecule has 0 aromatic carbocycles. The third-order valence-electron chi connectivity index (χ3n) is 3.88. The van der Waals surface area contributed by atoms with Gasteiger partial charge >= 0.3 is 0 Å². The van der Waals surface area contributed by atoms with Crippen molar-refractivity contribution in [3.05, 3.63) is 11.4 Å². The van der Waals surface area contributed by atoms with Crippen LogP contribution in [0.3, 0.4) is 0 Å². The third-order valence-corrected chi connectivity index (χ3v) is 3.88. The van der Waals surface area contributed by atoms with E-state index in [-0.39, 0.29) is 5.91 Å². The van der Waals surface area contributed by atoms with Crippen molar-refractivity contribution in [1.82, 2.24) is 15.3 Å². The predicted octanol–water partition coefficient (Wildman–Crippen LogP) is 0.738. The van der Waals surface area contributed by atoms with Gasteiger partial charge in [0.2, 0.25) is 5.91 Å². The third kappa shape index (κ3) is 2.78. The van der Waals surface area contributed by atoms with Crippen LogP contribution in [-0.2, 0) is 11.2 Å². The summed E-state index contributed by atoms with van der Waals surface area (Å²) >= 11 is 0. The van der Waals surface area contributed by atoms with Crippen molar-refractivity contribution in [3.63, 3.8) is 0 Å². The van der Waals surface area contributed by atoms with Gasteiger partial charge < -0.3 is 15.6 Å². The number of hydrogen-bond acceptors (Lipinski definition) is 6. The number of nitrogens with one attached hydrogen (secondary N) is 2. The second kappa shape index (κ2) is 5.85. The van der Waals surface area contributed by atoms with Gasteiger partial charge in [0.1, 0.15) is 23.0 Å². The first kappa shape index (κ1) is 15.5. The number of hydrazine groups is 1. The van der Waals surface area contributed by atoms with E-state index in [1.807, 2.05) is 25.7 Å². The standard InChI is InChI=1S/C14H24N6O/c1-5-6-10-17-11(19-15)9(2)12(18-10)20-8-7-16-13(21)14(20,3)4/h5-8,15H2,1-4H3,(H,16,21)(H,17,18,19). The van der Waals surface area contributed by atoms with E-state index in [1.54, 1.807) is 0 Å². The van der Waals surface area contributed by atoms with Gasteiger partial charge in [-0.3, -0.25) is 4.79 Å². The summed E-state index contributed by atoms with van der Waals surface area (Å²) in [5, 5.41) is 2.90. The van der Waals surface area contributed by atoms with E-state index in [0.717, 1.165) is 30.0 Å². The lowest BCUT2D eigenvalue weighted by Gasteiger charge is -2.42. The number of amides is 1. The van der Waals surface area contributed by atoms with Gasteiger partial charge in [0.15, 0.2) is 0 Å². The topological polar surface area (TPSA) is 96.2 Å². The van der Waals surface area contributed by atoms with Gasteiger partial charge in [0.05, 0.1) is 0 Å². The molecule has 1 amide bonds. The van der Waals surface area contributed by atoms with E-state index in [1.165, 1.54) is 0 Å². The average Bonchev–Trinajstić information content (AvgIpc) is 2.44. The lowest BCUT2D eigenvalue weighted by molar-refractivity contribution is -0.126. The van der Waals surface area contributed by atoms with Crippen LogP contribution in [-0.4, -0.2) is 34.5 Å². The van der Waals surface area contributed by atoms with Crippen LogP contribution >= 0.6 is 0 Å². The monoisotopic (exact) mass is 292 g/mol. The second-order valence-corrected chi connectivity index (χ2v) is 5.80. The Morgan fingerprint density at radius 3 is 2.76 bits per heavy atom. The summed E-state index contributed by atoms with van der Waals surface area (Å²) in [5.74, 6) is 7.71. The van der Waals surface area contributed by atoms with Crippen LogP contribution in [0.25, 0.3) is 0 Å². The van der Waals surface area contributed by atoms with Gasteiger partial charge in [-0.15, -0.1) is 0 Å². The quantitative estimate of drug-likeness (QED) is 0.559. The summed E-state index contributed by atoms with van der Waals surface area (Å²) in [4.78, 5) is 23.3. The molecule has 4 N–H and O–H groups in total.